The third-order valence-electron chi connectivity index (χ3n) is 6.33. The van der Waals surface area contributed by atoms with Gasteiger partial charge in [-0.05, 0) is 59.7 Å². The number of methoxy groups -OCH3 is 2. The van der Waals surface area contributed by atoms with Crippen molar-refractivity contribution in [3.63, 3.8) is 0 Å². The predicted octanol–water partition coefficient (Wildman–Crippen LogP) is 6.97. The summed E-state index contributed by atoms with van der Waals surface area (Å²) < 4.78 is 10.7. The molecule has 0 radical (unpaired) electrons. The van der Waals surface area contributed by atoms with Gasteiger partial charge in [0.25, 0.3) is 0 Å². The number of hydrogen-bond donors (Lipinski definition) is 2. The summed E-state index contributed by atoms with van der Waals surface area (Å²) in [7, 11) is 3.34. The van der Waals surface area contributed by atoms with Crippen molar-refractivity contribution in [2.75, 3.05) is 14.2 Å². The van der Waals surface area contributed by atoms with Crippen LogP contribution in [0, 0.1) is 0 Å². The van der Waals surface area contributed by atoms with Crippen molar-refractivity contribution in [3.8, 4) is 56.5 Å². The Bertz CT molecular complexity index is 1500. The van der Waals surface area contributed by atoms with E-state index in [0.29, 0.717) is 0 Å². The van der Waals surface area contributed by atoms with Gasteiger partial charge in [-0.25, -0.2) is 9.97 Å². The number of H-pyrrole nitrogens is 2. The molecule has 3 heterocycles. The minimum atomic E-state index is 0.789. The normalized spacial score (nSPS) is 11.1. The number of ether oxygens (including phenoxy) is 2. The molecule has 3 aromatic carbocycles. The Balaban J connectivity index is 1.66. The number of benzene rings is 3. The van der Waals surface area contributed by atoms with Crippen LogP contribution in [0.15, 0.2) is 97.3 Å². The largest absolute Gasteiger partial charge is 0.497 e. The minimum absolute atomic E-state index is 0.789. The van der Waals surface area contributed by atoms with Crippen LogP contribution >= 0.6 is 0 Å². The highest BCUT2D eigenvalue weighted by Gasteiger charge is 2.19. The maximum Gasteiger partial charge on any atom is 0.118 e. The molecular weight excluding hydrogens is 448 g/mol. The Labute approximate surface area is 208 Å². The highest BCUT2D eigenvalue weighted by atomic mass is 16.5. The van der Waals surface area contributed by atoms with E-state index in [1.54, 1.807) is 14.2 Å². The summed E-state index contributed by atoms with van der Waals surface area (Å²) in [4.78, 5) is 17.1. The van der Waals surface area contributed by atoms with Crippen molar-refractivity contribution in [3.05, 3.63) is 97.3 Å². The summed E-state index contributed by atoms with van der Waals surface area (Å²) in [6.07, 6.45) is 3.80. The van der Waals surface area contributed by atoms with Crippen LogP contribution in [-0.2, 0) is 0 Å². The summed E-state index contributed by atoms with van der Waals surface area (Å²) >= 11 is 0. The highest BCUT2D eigenvalue weighted by Crippen LogP contribution is 2.38. The molecule has 0 aliphatic rings. The molecule has 0 atom stereocenters. The quantitative estimate of drug-likeness (QED) is 0.274. The lowest BCUT2D eigenvalue weighted by molar-refractivity contribution is 0.415. The fraction of sp³-hybridized carbons (Fsp3) is 0.0667. The average molecular weight is 473 g/mol. The van der Waals surface area contributed by atoms with E-state index in [2.05, 4.69) is 46.4 Å². The lowest BCUT2D eigenvalue weighted by Crippen LogP contribution is -1.99. The summed E-state index contributed by atoms with van der Waals surface area (Å²) in [5.74, 6) is 1.62. The van der Waals surface area contributed by atoms with Crippen molar-refractivity contribution in [2.24, 2.45) is 0 Å². The molecule has 6 rings (SSSR count). The summed E-state index contributed by atoms with van der Waals surface area (Å²) in [5.41, 5.74) is 9.14. The van der Waals surface area contributed by atoms with E-state index < -0.39 is 0 Å². The van der Waals surface area contributed by atoms with E-state index in [4.69, 9.17) is 19.4 Å². The van der Waals surface area contributed by atoms with Gasteiger partial charge in [0.2, 0.25) is 0 Å². The molecule has 6 heteroatoms. The Kier molecular flexibility index (Phi) is 5.46. The molecule has 0 aliphatic heterocycles. The first kappa shape index (κ1) is 21.7. The van der Waals surface area contributed by atoms with Crippen LogP contribution in [0.3, 0.4) is 0 Å². The third-order valence-corrected chi connectivity index (χ3v) is 6.33. The molecule has 2 N–H and O–H groups in total. The zero-order valence-corrected chi connectivity index (χ0v) is 19.9. The number of fused-ring (bicyclic) bond motifs is 1. The Hall–Kier alpha value is -4.84. The topological polar surface area (TPSA) is 75.8 Å². The van der Waals surface area contributed by atoms with Crippen molar-refractivity contribution >= 4 is 11.0 Å². The van der Waals surface area contributed by atoms with Crippen LogP contribution < -0.4 is 9.47 Å². The van der Waals surface area contributed by atoms with Gasteiger partial charge >= 0.3 is 0 Å². The first-order valence-electron chi connectivity index (χ1n) is 11.7. The monoisotopic (exact) mass is 472 g/mol. The van der Waals surface area contributed by atoms with Gasteiger partial charge in [0.05, 0.1) is 36.6 Å². The fourth-order valence-electron chi connectivity index (χ4n) is 4.47. The molecule has 0 unspecified atom stereocenters. The number of hydrogen-bond acceptors (Lipinski definition) is 4. The van der Waals surface area contributed by atoms with Crippen LogP contribution in [0.5, 0.6) is 11.5 Å². The number of nitrogens with zero attached hydrogens (tertiary/aromatic N) is 2. The first-order chi connectivity index (χ1) is 17.7. The zero-order valence-electron chi connectivity index (χ0n) is 19.9. The molecule has 0 saturated carbocycles. The van der Waals surface area contributed by atoms with Crippen LogP contribution in [0.25, 0.3) is 56.1 Å². The molecule has 0 saturated heterocycles. The van der Waals surface area contributed by atoms with E-state index in [1.807, 2.05) is 60.9 Å². The second kappa shape index (κ2) is 9.07. The first-order valence-corrected chi connectivity index (χ1v) is 11.7. The standard InChI is InChI=1S/C30H24N4O2/c1-35-21-11-7-19(8-12-21)23-15-16-24(20-9-13-22(36-2)14-10-20)28-27(23)33-29(25-5-3-17-31-25)30(34-28)26-6-4-18-32-26/h3-18,31-32H,1-2H3. The summed E-state index contributed by atoms with van der Waals surface area (Å²) in [6, 6.07) is 28.3. The molecule has 3 aromatic heterocycles. The van der Waals surface area contributed by atoms with E-state index in [0.717, 1.165) is 67.6 Å². The van der Waals surface area contributed by atoms with Crippen molar-refractivity contribution in [2.45, 2.75) is 0 Å². The number of nitrogens with one attached hydrogen (secondary N) is 2. The van der Waals surface area contributed by atoms with Gasteiger partial charge in [-0.3, -0.25) is 0 Å². The molecule has 0 aliphatic carbocycles. The summed E-state index contributed by atoms with van der Waals surface area (Å²) in [5, 5.41) is 0. The number of aromatic nitrogens is 4. The second-order valence-electron chi connectivity index (χ2n) is 8.40. The lowest BCUT2D eigenvalue weighted by atomic mass is 9.96. The van der Waals surface area contributed by atoms with E-state index >= 15 is 0 Å². The molecule has 6 nitrogen and oxygen atoms in total. The van der Waals surface area contributed by atoms with E-state index in [9.17, 15) is 0 Å². The van der Waals surface area contributed by atoms with Gasteiger partial charge in [-0.15, -0.1) is 0 Å². The lowest BCUT2D eigenvalue weighted by Gasteiger charge is -2.15. The molecule has 0 bridgehead atoms. The Morgan fingerprint density at radius 1 is 0.528 bits per heavy atom. The van der Waals surface area contributed by atoms with E-state index in [-0.39, 0.29) is 0 Å². The van der Waals surface area contributed by atoms with Crippen LogP contribution in [0.4, 0.5) is 0 Å². The van der Waals surface area contributed by atoms with Crippen molar-refractivity contribution < 1.29 is 9.47 Å². The molecule has 0 fully saturated rings. The molecule has 36 heavy (non-hydrogen) atoms. The van der Waals surface area contributed by atoms with Crippen LogP contribution in [0.1, 0.15) is 0 Å². The fourth-order valence-corrected chi connectivity index (χ4v) is 4.47. The maximum absolute atomic E-state index is 5.37. The van der Waals surface area contributed by atoms with Gasteiger partial charge in [-0.1, -0.05) is 36.4 Å². The van der Waals surface area contributed by atoms with Gasteiger partial charge in [0.15, 0.2) is 0 Å². The molecule has 0 amide bonds. The minimum Gasteiger partial charge on any atom is -0.497 e. The molecule has 0 spiro atoms. The molecular formula is C30H24N4O2. The highest BCUT2D eigenvalue weighted by molar-refractivity contribution is 6.02. The zero-order chi connectivity index (χ0) is 24.5. The third kappa shape index (κ3) is 3.79. The van der Waals surface area contributed by atoms with Gasteiger partial charge < -0.3 is 19.4 Å². The average Bonchev–Trinajstić information content (AvgIpc) is 3.67. The second-order valence-corrected chi connectivity index (χ2v) is 8.40. The molecule has 6 aromatic rings. The number of rotatable bonds is 6. The van der Waals surface area contributed by atoms with Crippen molar-refractivity contribution in [1.29, 1.82) is 0 Å². The van der Waals surface area contributed by atoms with Gasteiger partial charge in [0, 0.05) is 23.5 Å². The SMILES string of the molecule is COc1ccc(-c2ccc(-c3ccc(OC)cc3)c3nc(-c4ccc[nH]4)c(-c4ccc[nH]4)nc23)cc1. The summed E-state index contributed by atoms with van der Waals surface area (Å²) in [6.45, 7) is 0. The number of aromatic amines is 2. The molecule has 176 valence electrons. The Morgan fingerprint density at radius 3 is 1.28 bits per heavy atom. The maximum atomic E-state index is 5.37. The van der Waals surface area contributed by atoms with Gasteiger partial charge in [0.1, 0.15) is 22.9 Å². The van der Waals surface area contributed by atoms with E-state index in [1.165, 1.54) is 0 Å². The van der Waals surface area contributed by atoms with Crippen LogP contribution in [0.2, 0.25) is 0 Å². The predicted molar refractivity (Wildman–Crippen MR) is 143 cm³/mol. The van der Waals surface area contributed by atoms with Crippen molar-refractivity contribution in [1.82, 2.24) is 19.9 Å². The van der Waals surface area contributed by atoms with Crippen LogP contribution in [-0.4, -0.2) is 34.2 Å². The Morgan fingerprint density at radius 2 is 0.944 bits per heavy atom. The van der Waals surface area contributed by atoms with Gasteiger partial charge in [-0.2, -0.15) is 0 Å². The smallest absolute Gasteiger partial charge is 0.118 e.